The third-order valence-corrected chi connectivity index (χ3v) is 18.3. The van der Waals surface area contributed by atoms with Crippen LogP contribution in [0.3, 0.4) is 0 Å². The van der Waals surface area contributed by atoms with Crippen molar-refractivity contribution in [3.05, 3.63) is 55.7 Å². The molecule has 0 nitrogen and oxygen atoms in total. The van der Waals surface area contributed by atoms with Gasteiger partial charge in [0.05, 0.1) is 8.07 Å². The summed E-state index contributed by atoms with van der Waals surface area (Å²) in [5.74, 6) is -12.2. The molecule has 0 aliphatic heterocycles. The molecule has 0 heterocycles. The smallest absolute Gasteiger partial charge is 0.520 e. The molecular weight excluding hydrogens is 935 g/mol. The Hall–Kier alpha value is -0.0662. The fourth-order valence-corrected chi connectivity index (χ4v) is 11.2. The maximum atomic E-state index is 13.6. The van der Waals surface area contributed by atoms with Gasteiger partial charge in [0.25, 0.3) is 0 Å². The van der Waals surface area contributed by atoms with Crippen LogP contribution in [-0.2, 0) is 0 Å². The van der Waals surface area contributed by atoms with Gasteiger partial charge in [0.2, 0.25) is 0 Å². The van der Waals surface area contributed by atoms with Crippen molar-refractivity contribution < 1.29 is 95.1 Å². The summed E-state index contributed by atoms with van der Waals surface area (Å²) in [6.45, 7) is 11.9. The van der Waals surface area contributed by atoms with Crippen molar-refractivity contribution >= 4 is 54.1 Å². The fraction of sp³-hybridized carbons (Fsp3) is 0.500. The van der Waals surface area contributed by atoms with Crippen LogP contribution in [0.4, 0.5) is 61.5 Å². The number of alkyl halides is 16. The van der Waals surface area contributed by atoms with E-state index < -0.39 is 88.1 Å². The standard InChI is InChI=1S/C12H13ClF7ISi.C12H13F7ISi.ClH/c1-22(2,3)9-6-4-8(5-7-9)21(13)12(19,20)10(14,15)11(16,17)18;1-21(2,3)9-6-4-8(5-7-9)20-12(18,19)10(13,14)11(15,16)17;/h4-7H,1-3H3;4-7H,1-3H3;1H/q;+1;/p-1. The van der Waals surface area contributed by atoms with E-state index in [4.69, 9.17) is 8.91 Å². The van der Waals surface area contributed by atoms with Gasteiger partial charge in [-0.15, -0.1) is 8.78 Å². The molecule has 0 amide bonds. The van der Waals surface area contributed by atoms with Gasteiger partial charge in [-0.3, -0.25) is 0 Å². The minimum absolute atomic E-state index is 0. The predicted octanol–water partition coefficient (Wildman–Crippen LogP) is 4.14. The summed E-state index contributed by atoms with van der Waals surface area (Å²) in [4.78, 5) is 0. The summed E-state index contributed by atoms with van der Waals surface area (Å²) in [5, 5.41) is 1.78. The van der Waals surface area contributed by atoms with Crippen molar-refractivity contribution in [3.63, 3.8) is 0 Å². The minimum atomic E-state index is -6.35. The fourth-order valence-electron chi connectivity index (χ4n) is 2.83. The topological polar surface area (TPSA) is 0 Å². The largest absolute Gasteiger partial charge is 1.00 e. The zero-order chi connectivity index (χ0) is 34.3. The van der Waals surface area contributed by atoms with E-state index in [0.717, 1.165) is 22.5 Å². The molecule has 0 saturated carbocycles. The molecule has 0 radical (unpaired) electrons. The van der Waals surface area contributed by atoms with Crippen LogP contribution < -0.4 is 44.0 Å². The van der Waals surface area contributed by atoms with Gasteiger partial charge in [0.15, 0.2) is 3.57 Å². The Kier molecular flexibility index (Phi) is 14.6. The monoisotopic (exact) mass is 960 g/mol. The molecule has 0 atom stereocenters. The average Bonchev–Trinajstić information content (AvgIpc) is 2.81. The molecule has 0 N–H and O–H groups in total. The molecular formula is C24H26Cl2F14I2Si2. The third-order valence-electron chi connectivity index (χ3n) is 5.47. The first-order valence-electron chi connectivity index (χ1n) is 11.7. The summed E-state index contributed by atoms with van der Waals surface area (Å²) >= 11 is -7.40. The number of hydrogen-bond acceptors (Lipinski definition) is 0. The summed E-state index contributed by atoms with van der Waals surface area (Å²) in [6.07, 6.45) is -12.6. The molecule has 44 heavy (non-hydrogen) atoms. The van der Waals surface area contributed by atoms with Crippen molar-refractivity contribution in [3.8, 4) is 0 Å². The Labute approximate surface area is 274 Å². The number of benzene rings is 2. The van der Waals surface area contributed by atoms with Crippen molar-refractivity contribution in [2.75, 3.05) is 0 Å². The molecule has 0 fully saturated rings. The van der Waals surface area contributed by atoms with E-state index in [9.17, 15) is 61.5 Å². The van der Waals surface area contributed by atoms with E-state index in [-0.39, 0.29) is 19.5 Å². The second-order valence-corrected chi connectivity index (χ2v) is 30.2. The molecule has 0 spiro atoms. The first-order chi connectivity index (χ1) is 18.8. The molecule has 2 aromatic carbocycles. The van der Waals surface area contributed by atoms with Crippen molar-refractivity contribution in [2.24, 2.45) is 0 Å². The van der Waals surface area contributed by atoms with Crippen LogP contribution in [0.25, 0.3) is 0 Å². The second kappa shape index (κ2) is 14.6. The van der Waals surface area contributed by atoms with Gasteiger partial charge >= 0.3 is 172 Å². The Morgan fingerprint density at radius 1 is 0.545 bits per heavy atom. The van der Waals surface area contributed by atoms with Crippen LogP contribution >= 0.6 is 27.6 Å². The van der Waals surface area contributed by atoms with Crippen LogP contribution in [-0.4, -0.2) is 48.2 Å². The Morgan fingerprint density at radius 2 is 0.864 bits per heavy atom. The zero-order valence-electron chi connectivity index (χ0n) is 23.4. The predicted molar refractivity (Wildman–Crippen MR) is 148 cm³/mol. The summed E-state index contributed by atoms with van der Waals surface area (Å²) in [7, 11) is 1.96. The Morgan fingerprint density at radius 3 is 1.16 bits per heavy atom. The number of hydrogen-bond donors (Lipinski definition) is 0. The molecule has 0 aromatic heterocycles. The van der Waals surface area contributed by atoms with E-state index >= 15 is 0 Å². The van der Waals surface area contributed by atoms with E-state index in [0.29, 0.717) is 0 Å². The SMILES string of the molecule is C[Si](C)(C)c1ccc(I(Cl)C(F)(F)C(F)(F)C(F)(F)F)cc1.C[Si](C)(C)c1ccc([I+]C(F)(F)C(F)(F)C(F)(F)F)cc1.[Cl-]. The maximum Gasteiger partial charge on any atom is 0.520 e. The van der Waals surface area contributed by atoms with Gasteiger partial charge in [-0.05, 0) is 12.1 Å². The molecule has 0 aliphatic carbocycles. The quantitative estimate of drug-likeness (QED) is 0.162. The summed E-state index contributed by atoms with van der Waals surface area (Å²) in [5.41, 5.74) is 0. The van der Waals surface area contributed by atoms with Crippen LogP contribution in [0, 0.1) is 7.14 Å². The Balaban J connectivity index is 0.000000823. The molecule has 0 unspecified atom stereocenters. The first-order valence-corrected chi connectivity index (χ1v) is 25.7. The van der Waals surface area contributed by atoms with E-state index in [1.54, 1.807) is 0 Å². The van der Waals surface area contributed by atoms with Crippen molar-refractivity contribution in [1.82, 2.24) is 0 Å². The van der Waals surface area contributed by atoms with Gasteiger partial charge in [-0.2, -0.15) is 22.0 Å². The second-order valence-electron chi connectivity index (χ2n) is 11.0. The molecule has 256 valence electrons. The van der Waals surface area contributed by atoms with E-state index in [2.05, 4.69) is 0 Å². The van der Waals surface area contributed by atoms with Crippen molar-refractivity contribution in [1.29, 1.82) is 0 Å². The first kappa shape index (κ1) is 43.9. The summed E-state index contributed by atoms with van der Waals surface area (Å²) in [6, 6.07) is 10.7. The molecule has 0 aliphatic rings. The minimum Gasteiger partial charge on any atom is -1.00 e. The van der Waals surface area contributed by atoms with Gasteiger partial charge in [-0.25, -0.2) is 0 Å². The maximum absolute atomic E-state index is 13.6. The van der Waals surface area contributed by atoms with Gasteiger partial charge in [0.1, 0.15) is 0 Å². The van der Waals surface area contributed by atoms with E-state index in [1.165, 1.54) is 36.4 Å². The Bertz CT molecular complexity index is 1210. The number of rotatable bonds is 8. The average molecular weight is 961 g/mol. The van der Waals surface area contributed by atoms with Crippen LogP contribution in [0.2, 0.25) is 39.3 Å². The summed E-state index contributed by atoms with van der Waals surface area (Å²) < 4.78 is 167. The zero-order valence-corrected chi connectivity index (χ0v) is 31.2. The van der Waals surface area contributed by atoms with Gasteiger partial charge in [0, 0.05) is 0 Å². The van der Waals surface area contributed by atoms with Crippen LogP contribution in [0.15, 0.2) is 48.5 Å². The molecule has 0 saturated heterocycles. The van der Waals surface area contributed by atoms with Gasteiger partial charge in [-0.1, -0.05) is 37.0 Å². The van der Waals surface area contributed by atoms with Gasteiger partial charge < -0.3 is 12.4 Å². The van der Waals surface area contributed by atoms with Crippen LogP contribution in [0.1, 0.15) is 0 Å². The van der Waals surface area contributed by atoms with Crippen LogP contribution in [0.5, 0.6) is 0 Å². The molecule has 20 heteroatoms. The molecule has 2 aromatic rings. The third kappa shape index (κ3) is 10.2. The van der Waals surface area contributed by atoms with Crippen molar-refractivity contribution in [2.45, 2.75) is 71.3 Å². The molecule has 0 bridgehead atoms. The number of halogens is 18. The van der Waals surface area contributed by atoms with E-state index in [1.807, 2.05) is 39.3 Å². The normalized spacial score (nSPS) is 14.3. The molecule has 2 rings (SSSR count).